The van der Waals surface area contributed by atoms with Crippen molar-refractivity contribution in [3.05, 3.63) is 89.6 Å². The van der Waals surface area contributed by atoms with Gasteiger partial charge in [-0.15, -0.1) is 0 Å². The standard InChI is InChI=1S/C27H28N4O2/c1-18-6-8-19(9-7-18)24-25(28-20-10-12-21(13-11-20)29(2)3)27(33)31(26(24)32)23-16-14-22(15-17-23)30(4)5/h6-17,28H,1-5H3. The number of anilines is 4. The molecule has 6 nitrogen and oxygen atoms in total. The van der Waals surface area contributed by atoms with E-state index in [-0.39, 0.29) is 17.5 Å². The monoisotopic (exact) mass is 440 g/mol. The summed E-state index contributed by atoms with van der Waals surface area (Å²) in [5.41, 5.74) is 5.76. The molecule has 6 heteroatoms. The molecule has 0 fully saturated rings. The van der Waals surface area contributed by atoms with Gasteiger partial charge in [-0.3, -0.25) is 9.59 Å². The number of amides is 2. The van der Waals surface area contributed by atoms with E-state index < -0.39 is 0 Å². The first-order chi connectivity index (χ1) is 15.8. The second-order valence-corrected chi connectivity index (χ2v) is 8.54. The molecule has 0 aliphatic carbocycles. The first-order valence-corrected chi connectivity index (χ1v) is 10.8. The molecule has 3 aromatic carbocycles. The van der Waals surface area contributed by atoms with Crippen molar-refractivity contribution in [3.63, 3.8) is 0 Å². The van der Waals surface area contributed by atoms with Crippen molar-refractivity contribution in [1.29, 1.82) is 0 Å². The second-order valence-electron chi connectivity index (χ2n) is 8.54. The Morgan fingerprint density at radius 2 is 1.18 bits per heavy atom. The van der Waals surface area contributed by atoms with Crippen molar-refractivity contribution in [3.8, 4) is 0 Å². The lowest BCUT2D eigenvalue weighted by atomic mass is 10.0. The van der Waals surface area contributed by atoms with Crippen LogP contribution in [0, 0.1) is 6.92 Å². The van der Waals surface area contributed by atoms with E-state index in [1.54, 1.807) is 12.1 Å². The van der Waals surface area contributed by atoms with E-state index in [2.05, 4.69) is 5.32 Å². The van der Waals surface area contributed by atoms with Crippen molar-refractivity contribution < 1.29 is 9.59 Å². The lowest BCUT2D eigenvalue weighted by Gasteiger charge is -2.18. The molecule has 0 bridgehead atoms. The Kier molecular flexibility index (Phi) is 5.92. The molecule has 4 rings (SSSR count). The van der Waals surface area contributed by atoms with Gasteiger partial charge < -0.3 is 15.1 Å². The fraction of sp³-hybridized carbons (Fsp3) is 0.185. The summed E-state index contributed by atoms with van der Waals surface area (Å²) < 4.78 is 0. The number of hydrogen-bond donors (Lipinski definition) is 1. The number of carbonyl (C=O) groups is 2. The minimum Gasteiger partial charge on any atom is -0.378 e. The predicted molar refractivity (Wildman–Crippen MR) is 136 cm³/mol. The van der Waals surface area contributed by atoms with Gasteiger partial charge >= 0.3 is 0 Å². The molecule has 0 atom stereocenters. The van der Waals surface area contributed by atoms with Gasteiger partial charge in [-0.1, -0.05) is 29.8 Å². The molecule has 0 spiro atoms. The number of rotatable bonds is 6. The summed E-state index contributed by atoms with van der Waals surface area (Å²) in [6, 6.07) is 22.8. The topological polar surface area (TPSA) is 55.9 Å². The van der Waals surface area contributed by atoms with Gasteiger partial charge in [0.1, 0.15) is 5.70 Å². The lowest BCUT2D eigenvalue weighted by Crippen LogP contribution is -2.32. The predicted octanol–water partition coefficient (Wildman–Crippen LogP) is 4.52. The molecule has 33 heavy (non-hydrogen) atoms. The smallest absolute Gasteiger partial charge is 0.282 e. The average Bonchev–Trinajstić information content (AvgIpc) is 3.04. The number of imide groups is 1. The molecule has 1 heterocycles. The highest BCUT2D eigenvalue weighted by Gasteiger charge is 2.40. The fourth-order valence-corrected chi connectivity index (χ4v) is 3.76. The number of benzene rings is 3. The summed E-state index contributed by atoms with van der Waals surface area (Å²) in [4.78, 5) is 32.3. The zero-order valence-corrected chi connectivity index (χ0v) is 19.6. The molecule has 0 saturated carbocycles. The summed E-state index contributed by atoms with van der Waals surface area (Å²) in [6.07, 6.45) is 0. The van der Waals surface area contributed by atoms with Crippen LogP contribution in [-0.4, -0.2) is 40.0 Å². The molecule has 0 unspecified atom stereocenters. The Morgan fingerprint density at radius 3 is 1.70 bits per heavy atom. The average molecular weight is 441 g/mol. The summed E-state index contributed by atoms with van der Waals surface area (Å²) >= 11 is 0. The molecule has 3 aromatic rings. The van der Waals surface area contributed by atoms with Gasteiger partial charge in [0.25, 0.3) is 11.8 Å². The summed E-state index contributed by atoms with van der Waals surface area (Å²) in [5, 5.41) is 3.22. The Morgan fingerprint density at radius 1 is 0.667 bits per heavy atom. The molecule has 0 aromatic heterocycles. The SMILES string of the molecule is Cc1ccc(C2=C(Nc3ccc(N(C)C)cc3)C(=O)N(c3ccc(N(C)C)cc3)C2=O)cc1. The van der Waals surface area contributed by atoms with Gasteiger partial charge in [-0.05, 0) is 61.0 Å². The van der Waals surface area contributed by atoms with Crippen molar-refractivity contribution >= 4 is 40.1 Å². The molecule has 1 aliphatic heterocycles. The maximum absolute atomic E-state index is 13.6. The molecular formula is C27H28N4O2. The van der Waals surface area contributed by atoms with Crippen LogP contribution >= 0.6 is 0 Å². The Bertz CT molecular complexity index is 1210. The normalized spacial score (nSPS) is 13.5. The number of hydrogen-bond acceptors (Lipinski definition) is 5. The fourth-order valence-electron chi connectivity index (χ4n) is 3.76. The van der Waals surface area contributed by atoms with E-state index in [1.165, 1.54) is 4.90 Å². The third kappa shape index (κ3) is 4.32. The van der Waals surface area contributed by atoms with E-state index >= 15 is 0 Å². The summed E-state index contributed by atoms with van der Waals surface area (Å²) in [5.74, 6) is -0.710. The van der Waals surface area contributed by atoms with Crippen LogP contribution in [0.2, 0.25) is 0 Å². The highest BCUT2D eigenvalue weighted by molar-refractivity contribution is 6.46. The highest BCUT2D eigenvalue weighted by atomic mass is 16.2. The maximum atomic E-state index is 13.6. The van der Waals surface area contributed by atoms with Crippen LogP contribution in [0.15, 0.2) is 78.5 Å². The van der Waals surface area contributed by atoms with E-state index in [1.807, 2.05) is 106 Å². The second kappa shape index (κ2) is 8.82. The third-order valence-corrected chi connectivity index (χ3v) is 5.70. The number of carbonyl (C=O) groups excluding carboxylic acids is 2. The van der Waals surface area contributed by atoms with Crippen LogP contribution in [0.5, 0.6) is 0 Å². The van der Waals surface area contributed by atoms with Gasteiger partial charge in [0.15, 0.2) is 0 Å². The quantitative estimate of drug-likeness (QED) is 0.571. The molecule has 168 valence electrons. The molecule has 1 N–H and O–H groups in total. The van der Waals surface area contributed by atoms with Gasteiger partial charge in [-0.2, -0.15) is 0 Å². The summed E-state index contributed by atoms with van der Waals surface area (Å²) in [6.45, 7) is 1.99. The number of nitrogens with zero attached hydrogens (tertiary/aromatic N) is 3. The van der Waals surface area contributed by atoms with E-state index in [4.69, 9.17) is 0 Å². The first kappa shape index (κ1) is 22.1. The van der Waals surface area contributed by atoms with Crippen LogP contribution in [-0.2, 0) is 9.59 Å². The van der Waals surface area contributed by atoms with Crippen molar-refractivity contribution in [2.75, 3.05) is 48.2 Å². The van der Waals surface area contributed by atoms with Gasteiger partial charge in [0, 0.05) is 45.3 Å². The van der Waals surface area contributed by atoms with Crippen LogP contribution in [0.4, 0.5) is 22.7 Å². The van der Waals surface area contributed by atoms with Crippen molar-refractivity contribution in [2.45, 2.75) is 6.92 Å². The summed E-state index contributed by atoms with van der Waals surface area (Å²) in [7, 11) is 7.84. The number of aryl methyl sites for hydroxylation is 1. The van der Waals surface area contributed by atoms with Crippen LogP contribution in [0.25, 0.3) is 5.57 Å². The molecular weight excluding hydrogens is 412 g/mol. The Labute approximate surface area is 194 Å². The van der Waals surface area contributed by atoms with E-state index in [0.717, 1.165) is 22.6 Å². The maximum Gasteiger partial charge on any atom is 0.282 e. The zero-order chi connectivity index (χ0) is 23.7. The first-order valence-electron chi connectivity index (χ1n) is 10.8. The number of nitrogens with one attached hydrogen (secondary N) is 1. The Hall–Kier alpha value is -4.06. The molecule has 0 saturated heterocycles. The van der Waals surface area contributed by atoms with Crippen LogP contribution in [0.1, 0.15) is 11.1 Å². The van der Waals surface area contributed by atoms with Crippen LogP contribution in [0.3, 0.4) is 0 Å². The molecule has 2 amide bonds. The van der Waals surface area contributed by atoms with E-state index in [0.29, 0.717) is 16.8 Å². The highest BCUT2D eigenvalue weighted by Crippen LogP contribution is 2.34. The van der Waals surface area contributed by atoms with Gasteiger partial charge in [-0.25, -0.2) is 4.90 Å². The van der Waals surface area contributed by atoms with Gasteiger partial charge in [0.05, 0.1) is 11.3 Å². The molecule has 1 aliphatic rings. The zero-order valence-electron chi connectivity index (χ0n) is 19.6. The largest absolute Gasteiger partial charge is 0.378 e. The third-order valence-electron chi connectivity index (χ3n) is 5.70. The van der Waals surface area contributed by atoms with Crippen molar-refractivity contribution in [2.24, 2.45) is 0 Å². The van der Waals surface area contributed by atoms with Gasteiger partial charge in [0.2, 0.25) is 0 Å². The minimum absolute atomic E-state index is 0.276. The van der Waals surface area contributed by atoms with Crippen molar-refractivity contribution in [1.82, 2.24) is 0 Å². The molecule has 0 radical (unpaired) electrons. The minimum atomic E-state index is -0.370. The van der Waals surface area contributed by atoms with Crippen LogP contribution < -0.4 is 20.0 Å². The Balaban J connectivity index is 1.75. The van der Waals surface area contributed by atoms with E-state index in [9.17, 15) is 9.59 Å². The lowest BCUT2D eigenvalue weighted by molar-refractivity contribution is -0.120.